The topological polar surface area (TPSA) is 91.7 Å². The van der Waals surface area contributed by atoms with Gasteiger partial charge in [0.15, 0.2) is 0 Å². The van der Waals surface area contributed by atoms with Gasteiger partial charge in [-0.25, -0.2) is 0 Å². The molecule has 0 unspecified atom stereocenters. The molecule has 0 amide bonds. The summed E-state index contributed by atoms with van der Waals surface area (Å²) in [6.07, 6.45) is 1.51. The van der Waals surface area contributed by atoms with Crippen LogP contribution in [0.4, 0.5) is 0 Å². The van der Waals surface area contributed by atoms with Gasteiger partial charge in [-0.2, -0.15) is 0 Å². The van der Waals surface area contributed by atoms with Crippen molar-refractivity contribution >= 4 is 5.97 Å². The highest BCUT2D eigenvalue weighted by Crippen LogP contribution is 2.23. The molecule has 3 N–H and O–H groups in total. The Morgan fingerprint density at radius 3 is 2.83 bits per heavy atom. The fourth-order valence-electron chi connectivity index (χ4n) is 1.53. The zero-order valence-corrected chi connectivity index (χ0v) is 10.7. The number of nitrogens with zero attached hydrogens (tertiary/aromatic N) is 1. The van der Waals surface area contributed by atoms with E-state index in [1.807, 2.05) is 0 Å². The summed E-state index contributed by atoms with van der Waals surface area (Å²) in [6.45, 7) is 3.37. The standard InChI is InChI=1S/C12H18N2O4/c1-7-11(16)10(9(6-15)4-13-7)5-14-8(2)12(17)18-3/h4,8,14-16H,5-6H2,1-3H3/t8-/m0/s1. The Labute approximate surface area is 106 Å². The second-order valence-corrected chi connectivity index (χ2v) is 3.98. The number of methoxy groups -OCH3 is 1. The van der Waals surface area contributed by atoms with Crippen LogP contribution in [0.2, 0.25) is 0 Å². The van der Waals surface area contributed by atoms with Gasteiger partial charge in [0, 0.05) is 23.9 Å². The fraction of sp³-hybridized carbons (Fsp3) is 0.500. The van der Waals surface area contributed by atoms with Crippen LogP contribution in [-0.4, -0.2) is 34.3 Å². The van der Waals surface area contributed by atoms with Crippen molar-refractivity contribution in [3.8, 4) is 5.75 Å². The molecule has 1 rings (SSSR count). The number of rotatable bonds is 5. The Kier molecular flexibility index (Phi) is 5.06. The van der Waals surface area contributed by atoms with E-state index < -0.39 is 6.04 Å². The van der Waals surface area contributed by atoms with Crippen LogP contribution < -0.4 is 5.32 Å². The van der Waals surface area contributed by atoms with Crippen LogP contribution in [0.5, 0.6) is 5.75 Å². The quantitative estimate of drug-likeness (QED) is 0.652. The third kappa shape index (κ3) is 3.18. The maximum absolute atomic E-state index is 11.2. The van der Waals surface area contributed by atoms with Gasteiger partial charge in [-0.3, -0.25) is 9.78 Å². The van der Waals surface area contributed by atoms with Crippen molar-refractivity contribution < 1.29 is 19.7 Å². The number of aromatic hydroxyl groups is 1. The van der Waals surface area contributed by atoms with E-state index in [0.29, 0.717) is 16.8 Å². The zero-order chi connectivity index (χ0) is 13.7. The smallest absolute Gasteiger partial charge is 0.322 e. The number of esters is 1. The molecule has 0 bridgehead atoms. The van der Waals surface area contributed by atoms with Crippen molar-refractivity contribution in [1.82, 2.24) is 10.3 Å². The number of aliphatic hydroxyl groups is 1. The summed E-state index contributed by atoms with van der Waals surface area (Å²) in [5.74, 6) is -0.350. The molecule has 0 aliphatic carbocycles. The third-order valence-electron chi connectivity index (χ3n) is 2.74. The van der Waals surface area contributed by atoms with E-state index in [0.717, 1.165) is 0 Å². The van der Waals surface area contributed by atoms with E-state index in [9.17, 15) is 15.0 Å². The molecule has 1 heterocycles. The molecule has 0 radical (unpaired) electrons. The number of hydrogen-bond acceptors (Lipinski definition) is 6. The molecular formula is C12H18N2O4. The Balaban J connectivity index is 2.84. The molecule has 0 saturated heterocycles. The van der Waals surface area contributed by atoms with Gasteiger partial charge >= 0.3 is 5.97 Å². The number of carbonyl (C=O) groups is 1. The molecule has 0 spiro atoms. The molecule has 0 fully saturated rings. The highest BCUT2D eigenvalue weighted by Gasteiger charge is 2.16. The van der Waals surface area contributed by atoms with Crippen molar-refractivity contribution in [3.63, 3.8) is 0 Å². The molecule has 0 aliphatic heterocycles. The minimum Gasteiger partial charge on any atom is -0.506 e. The molecule has 1 aromatic rings. The molecule has 1 aromatic heterocycles. The molecule has 100 valence electrons. The molecule has 6 heteroatoms. The first-order chi connectivity index (χ1) is 8.51. The van der Waals surface area contributed by atoms with Crippen LogP contribution in [-0.2, 0) is 22.7 Å². The molecular weight excluding hydrogens is 236 g/mol. The van der Waals surface area contributed by atoms with Crippen molar-refractivity contribution in [3.05, 3.63) is 23.0 Å². The van der Waals surface area contributed by atoms with E-state index >= 15 is 0 Å². The van der Waals surface area contributed by atoms with E-state index in [4.69, 9.17) is 0 Å². The Bertz CT molecular complexity index is 434. The highest BCUT2D eigenvalue weighted by molar-refractivity contribution is 5.75. The van der Waals surface area contributed by atoms with Gasteiger partial charge in [0.05, 0.1) is 19.4 Å². The lowest BCUT2D eigenvalue weighted by Crippen LogP contribution is -2.34. The normalized spacial score (nSPS) is 12.2. The summed E-state index contributed by atoms with van der Waals surface area (Å²) < 4.78 is 4.59. The number of aromatic nitrogens is 1. The second-order valence-electron chi connectivity index (χ2n) is 3.98. The Morgan fingerprint density at radius 1 is 1.61 bits per heavy atom. The number of aliphatic hydroxyl groups excluding tert-OH is 1. The molecule has 0 aromatic carbocycles. The van der Waals surface area contributed by atoms with Gasteiger partial charge in [0.25, 0.3) is 0 Å². The van der Waals surface area contributed by atoms with Crippen LogP contribution >= 0.6 is 0 Å². The van der Waals surface area contributed by atoms with Gasteiger partial charge in [0.1, 0.15) is 11.8 Å². The van der Waals surface area contributed by atoms with E-state index in [1.54, 1.807) is 13.8 Å². The SMILES string of the molecule is COC(=O)[C@H](C)NCc1c(CO)cnc(C)c1O. The summed E-state index contributed by atoms with van der Waals surface area (Å²) in [7, 11) is 1.31. The Morgan fingerprint density at radius 2 is 2.28 bits per heavy atom. The second kappa shape index (κ2) is 6.32. The lowest BCUT2D eigenvalue weighted by molar-refractivity contribution is -0.142. The maximum atomic E-state index is 11.2. The van der Waals surface area contributed by atoms with Gasteiger partial charge in [-0.15, -0.1) is 0 Å². The minimum atomic E-state index is -0.491. The van der Waals surface area contributed by atoms with Gasteiger partial charge in [-0.05, 0) is 13.8 Å². The predicted molar refractivity (Wildman–Crippen MR) is 64.9 cm³/mol. The molecule has 0 saturated carbocycles. The predicted octanol–water partition coefficient (Wildman–Crippen LogP) is 0.239. The zero-order valence-electron chi connectivity index (χ0n) is 10.7. The lowest BCUT2D eigenvalue weighted by atomic mass is 10.1. The van der Waals surface area contributed by atoms with Gasteiger partial charge in [-0.1, -0.05) is 0 Å². The minimum absolute atomic E-state index is 0.0334. The average Bonchev–Trinajstić information content (AvgIpc) is 2.38. The monoisotopic (exact) mass is 254 g/mol. The lowest BCUT2D eigenvalue weighted by Gasteiger charge is -2.15. The summed E-state index contributed by atoms with van der Waals surface area (Å²) in [5, 5.41) is 22.0. The van der Waals surface area contributed by atoms with Crippen molar-refractivity contribution in [2.75, 3.05) is 7.11 Å². The highest BCUT2D eigenvalue weighted by atomic mass is 16.5. The molecule has 6 nitrogen and oxygen atoms in total. The number of aryl methyl sites for hydroxylation is 1. The first-order valence-electron chi connectivity index (χ1n) is 5.59. The largest absolute Gasteiger partial charge is 0.506 e. The van der Waals surface area contributed by atoms with Crippen molar-refractivity contribution in [2.24, 2.45) is 0 Å². The van der Waals surface area contributed by atoms with Crippen LogP contribution in [0.25, 0.3) is 0 Å². The van der Waals surface area contributed by atoms with Crippen LogP contribution in [0.3, 0.4) is 0 Å². The number of pyridine rings is 1. The van der Waals surface area contributed by atoms with Crippen LogP contribution in [0, 0.1) is 6.92 Å². The molecule has 18 heavy (non-hydrogen) atoms. The summed E-state index contributed by atoms with van der Waals surface area (Å²) in [6, 6.07) is -0.491. The van der Waals surface area contributed by atoms with E-state index in [1.165, 1.54) is 13.3 Å². The number of nitrogens with one attached hydrogen (secondary N) is 1. The van der Waals surface area contributed by atoms with Crippen LogP contribution in [0.15, 0.2) is 6.20 Å². The summed E-state index contributed by atoms with van der Waals surface area (Å²) in [4.78, 5) is 15.2. The Hall–Kier alpha value is -1.66. The average molecular weight is 254 g/mol. The third-order valence-corrected chi connectivity index (χ3v) is 2.74. The summed E-state index contributed by atoms with van der Waals surface area (Å²) in [5.41, 5.74) is 1.55. The molecule has 1 atom stereocenters. The summed E-state index contributed by atoms with van der Waals surface area (Å²) >= 11 is 0. The number of hydrogen-bond donors (Lipinski definition) is 3. The number of carbonyl (C=O) groups excluding carboxylic acids is 1. The maximum Gasteiger partial charge on any atom is 0.322 e. The van der Waals surface area contributed by atoms with Gasteiger partial charge in [0.2, 0.25) is 0 Å². The van der Waals surface area contributed by atoms with E-state index in [2.05, 4.69) is 15.0 Å². The van der Waals surface area contributed by atoms with Crippen molar-refractivity contribution in [1.29, 1.82) is 0 Å². The van der Waals surface area contributed by atoms with Gasteiger partial charge < -0.3 is 20.3 Å². The first-order valence-corrected chi connectivity index (χ1v) is 5.59. The fourth-order valence-corrected chi connectivity index (χ4v) is 1.53. The van der Waals surface area contributed by atoms with Crippen LogP contribution in [0.1, 0.15) is 23.7 Å². The van der Waals surface area contributed by atoms with E-state index in [-0.39, 0.29) is 24.9 Å². The number of ether oxygens (including phenoxy) is 1. The molecule has 0 aliphatic rings. The first kappa shape index (κ1) is 14.4. The van der Waals surface area contributed by atoms with Crippen molar-refractivity contribution in [2.45, 2.75) is 33.0 Å².